The molecule has 1 N–H and O–H groups in total. The first-order valence-corrected chi connectivity index (χ1v) is 7.29. The van der Waals surface area contributed by atoms with Crippen molar-refractivity contribution < 1.29 is 0 Å². The van der Waals surface area contributed by atoms with Gasteiger partial charge in [0.05, 0.1) is 6.20 Å². The molecular formula is C14H17N3S. The Morgan fingerprint density at radius 3 is 2.72 bits per heavy atom. The molecule has 0 aliphatic heterocycles. The zero-order chi connectivity index (χ0) is 12.2. The van der Waals surface area contributed by atoms with Crippen molar-refractivity contribution in [2.45, 2.75) is 37.6 Å². The predicted octanol–water partition coefficient (Wildman–Crippen LogP) is 3.68. The lowest BCUT2D eigenvalue weighted by Gasteiger charge is -2.32. The normalized spacial score (nSPS) is 23.8. The van der Waals surface area contributed by atoms with Crippen LogP contribution in [0.4, 0.5) is 5.00 Å². The van der Waals surface area contributed by atoms with Crippen LogP contribution in [0.2, 0.25) is 0 Å². The van der Waals surface area contributed by atoms with Crippen molar-refractivity contribution >= 4 is 16.5 Å². The molecule has 4 heteroatoms. The van der Waals surface area contributed by atoms with E-state index >= 15 is 0 Å². The summed E-state index contributed by atoms with van der Waals surface area (Å²) in [6.45, 7) is 0. The number of nitrogens with one attached hydrogen (secondary N) is 1. The van der Waals surface area contributed by atoms with Gasteiger partial charge in [0, 0.05) is 23.5 Å². The summed E-state index contributed by atoms with van der Waals surface area (Å²) in [6.07, 6.45) is 6.97. The summed E-state index contributed by atoms with van der Waals surface area (Å²) in [5, 5.41) is 8.58. The molecule has 1 fully saturated rings. The Morgan fingerprint density at radius 2 is 1.94 bits per heavy atom. The Labute approximate surface area is 111 Å². The van der Waals surface area contributed by atoms with Crippen molar-refractivity contribution in [1.29, 1.82) is 0 Å². The van der Waals surface area contributed by atoms with Gasteiger partial charge >= 0.3 is 0 Å². The summed E-state index contributed by atoms with van der Waals surface area (Å²) in [6, 6.07) is 11.4. The van der Waals surface area contributed by atoms with Crippen LogP contribution < -0.4 is 5.32 Å². The molecule has 3 rings (SSSR count). The molecule has 2 aromatic rings. The van der Waals surface area contributed by atoms with Crippen LogP contribution in [-0.2, 0) is 0 Å². The molecule has 1 aromatic carbocycles. The van der Waals surface area contributed by atoms with Crippen molar-refractivity contribution in [1.82, 2.24) is 9.59 Å². The highest BCUT2D eigenvalue weighted by molar-refractivity contribution is 7.09. The molecule has 0 spiro atoms. The van der Waals surface area contributed by atoms with Gasteiger partial charge in [-0.2, -0.15) is 0 Å². The number of rotatable bonds is 3. The Balaban J connectivity index is 1.78. The van der Waals surface area contributed by atoms with Gasteiger partial charge in [-0.25, -0.2) is 0 Å². The molecule has 1 aromatic heterocycles. The zero-order valence-electron chi connectivity index (χ0n) is 10.2. The molecule has 2 unspecified atom stereocenters. The maximum atomic E-state index is 3.91. The first-order valence-electron chi connectivity index (χ1n) is 6.52. The quantitative estimate of drug-likeness (QED) is 0.913. The van der Waals surface area contributed by atoms with E-state index in [1.54, 1.807) is 0 Å². The van der Waals surface area contributed by atoms with E-state index in [0.29, 0.717) is 12.0 Å². The van der Waals surface area contributed by atoms with Crippen LogP contribution >= 0.6 is 11.5 Å². The molecule has 18 heavy (non-hydrogen) atoms. The predicted molar refractivity (Wildman–Crippen MR) is 75.0 cm³/mol. The number of benzene rings is 1. The smallest absolute Gasteiger partial charge is 0.130 e. The second-order valence-corrected chi connectivity index (χ2v) is 5.62. The third kappa shape index (κ3) is 2.53. The molecule has 0 saturated heterocycles. The Hall–Kier alpha value is -1.42. The van der Waals surface area contributed by atoms with E-state index in [2.05, 4.69) is 45.2 Å². The largest absolute Gasteiger partial charge is 0.371 e. The van der Waals surface area contributed by atoms with Crippen molar-refractivity contribution in [2.24, 2.45) is 0 Å². The first-order chi connectivity index (χ1) is 8.93. The van der Waals surface area contributed by atoms with E-state index < -0.39 is 0 Å². The standard InChI is InChI=1S/C14H17N3S/c1-2-6-11(7-3-1)12-8-4-5-9-13(12)16-14-10-15-17-18-14/h1-3,6-7,10,12-13,16H,4-5,8-9H2. The van der Waals surface area contributed by atoms with E-state index in [-0.39, 0.29) is 0 Å². The van der Waals surface area contributed by atoms with Crippen LogP contribution in [0.1, 0.15) is 37.2 Å². The van der Waals surface area contributed by atoms with Crippen molar-refractivity contribution in [2.75, 3.05) is 5.32 Å². The fourth-order valence-electron chi connectivity index (χ4n) is 2.82. The molecule has 0 radical (unpaired) electrons. The van der Waals surface area contributed by atoms with E-state index in [9.17, 15) is 0 Å². The maximum absolute atomic E-state index is 3.91. The summed E-state index contributed by atoms with van der Waals surface area (Å²) >= 11 is 1.44. The summed E-state index contributed by atoms with van der Waals surface area (Å²) in [5.74, 6) is 0.613. The molecule has 1 aliphatic rings. The molecule has 1 saturated carbocycles. The first kappa shape index (κ1) is 11.7. The highest BCUT2D eigenvalue weighted by atomic mass is 32.1. The van der Waals surface area contributed by atoms with Crippen molar-refractivity contribution in [3.63, 3.8) is 0 Å². The summed E-state index contributed by atoms with van der Waals surface area (Å²) in [5.41, 5.74) is 1.45. The van der Waals surface area contributed by atoms with Gasteiger partial charge < -0.3 is 5.32 Å². The summed E-state index contributed by atoms with van der Waals surface area (Å²) < 4.78 is 3.91. The van der Waals surface area contributed by atoms with E-state index in [4.69, 9.17) is 0 Å². The van der Waals surface area contributed by atoms with Gasteiger partial charge in [-0.15, -0.1) is 5.10 Å². The number of nitrogens with zero attached hydrogens (tertiary/aromatic N) is 2. The maximum Gasteiger partial charge on any atom is 0.130 e. The zero-order valence-corrected chi connectivity index (χ0v) is 11.1. The molecule has 1 heterocycles. The van der Waals surface area contributed by atoms with Crippen LogP contribution in [0, 0.1) is 0 Å². The fourth-order valence-corrected chi connectivity index (χ4v) is 3.30. The number of anilines is 1. The monoisotopic (exact) mass is 259 g/mol. The van der Waals surface area contributed by atoms with Crippen molar-refractivity contribution in [3.05, 3.63) is 42.1 Å². The van der Waals surface area contributed by atoms with Crippen LogP contribution in [0.25, 0.3) is 0 Å². The van der Waals surface area contributed by atoms with E-state index in [0.717, 1.165) is 5.00 Å². The minimum Gasteiger partial charge on any atom is -0.371 e. The lowest BCUT2D eigenvalue weighted by Crippen LogP contribution is -2.30. The Bertz CT molecular complexity index is 469. The number of hydrogen-bond acceptors (Lipinski definition) is 4. The second kappa shape index (κ2) is 5.48. The lowest BCUT2D eigenvalue weighted by molar-refractivity contribution is 0.405. The topological polar surface area (TPSA) is 37.8 Å². The van der Waals surface area contributed by atoms with Crippen LogP contribution in [-0.4, -0.2) is 15.6 Å². The molecule has 1 aliphatic carbocycles. The Kier molecular flexibility index (Phi) is 3.55. The number of aromatic nitrogens is 2. The van der Waals surface area contributed by atoms with Crippen LogP contribution in [0.3, 0.4) is 0 Å². The van der Waals surface area contributed by atoms with Crippen LogP contribution in [0.5, 0.6) is 0 Å². The third-order valence-corrected chi connectivity index (χ3v) is 4.28. The van der Waals surface area contributed by atoms with Gasteiger partial charge in [-0.3, -0.25) is 0 Å². The fraction of sp³-hybridized carbons (Fsp3) is 0.429. The second-order valence-electron chi connectivity index (χ2n) is 4.83. The van der Waals surface area contributed by atoms with Gasteiger partial charge in [0.2, 0.25) is 0 Å². The van der Waals surface area contributed by atoms with E-state index in [1.807, 2.05) is 6.20 Å². The molecule has 0 bridgehead atoms. The molecular weight excluding hydrogens is 242 g/mol. The highest BCUT2D eigenvalue weighted by Gasteiger charge is 2.26. The third-order valence-electron chi connectivity index (χ3n) is 3.68. The van der Waals surface area contributed by atoms with Gasteiger partial charge in [0.25, 0.3) is 0 Å². The lowest BCUT2D eigenvalue weighted by atomic mass is 9.80. The van der Waals surface area contributed by atoms with E-state index in [1.165, 1.54) is 42.8 Å². The van der Waals surface area contributed by atoms with Gasteiger partial charge in [-0.05, 0) is 18.4 Å². The van der Waals surface area contributed by atoms with Gasteiger partial charge in [0.1, 0.15) is 5.00 Å². The molecule has 2 atom stereocenters. The summed E-state index contributed by atoms with van der Waals surface area (Å²) in [4.78, 5) is 0. The SMILES string of the molecule is c1ccc(C2CCCCC2Nc2cnns2)cc1. The molecule has 0 amide bonds. The average Bonchev–Trinajstić information content (AvgIpc) is 2.93. The van der Waals surface area contributed by atoms with Crippen LogP contribution in [0.15, 0.2) is 36.5 Å². The molecule has 3 nitrogen and oxygen atoms in total. The van der Waals surface area contributed by atoms with Gasteiger partial charge in [0.15, 0.2) is 0 Å². The average molecular weight is 259 g/mol. The molecule has 94 valence electrons. The van der Waals surface area contributed by atoms with Crippen molar-refractivity contribution in [3.8, 4) is 0 Å². The summed E-state index contributed by atoms with van der Waals surface area (Å²) in [7, 11) is 0. The number of hydrogen-bond donors (Lipinski definition) is 1. The minimum absolute atomic E-state index is 0.517. The van der Waals surface area contributed by atoms with Gasteiger partial charge in [-0.1, -0.05) is 47.7 Å². The minimum atomic E-state index is 0.517. The Morgan fingerprint density at radius 1 is 1.11 bits per heavy atom. The highest BCUT2D eigenvalue weighted by Crippen LogP contribution is 2.35.